The predicted octanol–water partition coefficient (Wildman–Crippen LogP) is 7.29. The van der Waals surface area contributed by atoms with Gasteiger partial charge in [-0.05, 0) is 71.8 Å². The number of nitrogens with one attached hydrogen (secondary N) is 2. The van der Waals surface area contributed by atoms with E-state index in [1.165, 1.54) is 11.1 Å². The van der Waals surface area contributed by atoms with E-state index in [4.69, 9.17) is 0 Å². The number of hydrogen-bond donors (Lipinski definition) is 2. The van der Waals surface area contributed by atoms with Gasteiger partial charge in [0.15, 0.2) is 0 Å². The molecule has 0 amide bonds. The molecule has 2 aliphatic rings. The molecule has 0 radical (unpaired) electrons. The Morgan fingerprint density at radius 2 is 1.56 bits per heavy atom. The quantitative estimate of drug-likeness (QED) is 0.288. The van der Waals surface area contributed by atoms with Crippen molar-refractivity contribution >= 4 is 21.4 Å². The number of aryl methyl sites for hydroxylation is 1. The number of allylic oxidation sites excluding steroid dienone is 2. The largest absolute Gasteiger partial charge is 0.378 e. The Morgan fingerprint density at radius 1 is 0.833 bits per heavy atom. The number of sulfonamides is 1. The summed E-state index contributed by atoms with van der Waals surface area (Å²) in [5.41, 5.74) is 7.23. The van der Waals surface area contributed by atoms with Gasteiger partial charge in [-0.25, -0.2) is 8.42 Å². The molecule has 1 aliphatic heterocycles. The van der Waals surface area contributed by atoms with Gasteiger partial charge in [-0.3, -0.25) is 4.72 Å². The van der Waals surface area contributed by atoms with Crippen LogP contribution in [0.15, 0.2) is 114 Å². The van der Waals surface area contributed by atoms with Gasteiger partial charge in [0.05, 0.1) is 10.9 Å². The third-order valence-electron chi connectivity index (χ3n) is 7.33. The molecule has 3 atom stereocenters. The van der Waals surface area contributed by atoms with Crippen LogP contribution in [-0.4, -0.2) is 8.42 Å². The summed E-state index contributed by atoms with van der Waals surface area (Å²) in [6.45, 7) is 2.10. The fourth-order valence-corrected chi connectivity index (χ4v) is 6.51. The molecule has 36 heavy (non-hydrogen) atoms. The van der Waals surface area contributed by atoms with Crippen LogP contribution in [0.5, 0.6) is 0 Å². The number of fused-ring (bicyclic) bond motifs is 3. The molecule has 0 fully saturated rings. The normalized spacial score (nSPS) is 20.3. The lowest BCUT2D eigenvalue weighted by Gasteiger charge is -2.37. The summed E-state index contributed by atoms with van der Waals surface area (Å²) in [5, 5.41) is 3.70. The molecule has 0 bridgehead atoms. The molecule has 4 nitrogen and oxygen atoms in total. The lowest BCUT2D eigenvalue weighted by Crippen LogP contribution is -2.29. The molecule has 0 saturated carbocycles. The molecule has 5 heteroatoms. The van der Waals surface area contributed by atoms with E-state index in [2.05, 4.69) is 53.4 Å². The maximum Gasteiger partial charge on any atom is 0.261 e. The van der Waals surface area contributed by atoms with Gasteiger partial charge < -0.3 is 5.32 Å². The molecular weight excluding hydrogens is 464 g/mol. The molecule has 0 spiro atoms. The topological polar surface area (TPSA) is 58.2 Å². The van der Waals surface area contributed by atoms with Crippen LogP contribution in [0, 0.1) is 12.8 Å². The first-order chi connectivity index (χ1) is 17.5. The van der Waals surface area contributed by atoms with Crippen molar-refractivity contribution in [2.75, 3.05) is 10.0 Å². The first-order valence-corrected chi connectivity index (χ1v) is 13.8. The number of benzene rings is 4. The van der Waals surface area contributed by atoms with Gasteiger partial charge in [0.25, 0.3) is 10.0 Å². The number of hydrogen-bond acceptors (Lipinski definition) is 3. The molecule has 6 rings (SSSR count). The maximum absolute atomic E-state index is 13.3. The van der Waals surface area contributed by atoms with Crippen LogP contribution < -0.4 is 10.0 Å². The van der Waals surface area contributed by atoms with Crippen molar-refractivity contribution in [3.63, 3.8) is 0 Å². The Bertz CT molecular complexity index is 1530. The Hall–Kier alpha value is -3.83. The summed E-state index contributed by atoms with van der Waals surface area (Å²) in [6, 6.07) is 31.8. The Labute approximate surface area is 212 Å². The fourth-order valence-electron chi connectivity index (χ4n) is 5.42. The predicted molar refractivity (Wildman–Crippen MR) is 147 cm³/mol. The van der Waals surface area contributed by atoms with Crippen LogP contribution in [0.25, 0.3) is 11.1 Å². The summed E-state index contributed by atoms with van der Waals surface area (Å²) >= 11 is 0. The minimum atomic E-state index is -3.73. The third kappa shape index (κ3) is 4.20. The monoisotopic (exact) mass is 492 g/mol. The molecule has 4 aromatic rings. The maximum atomic E-state index is 13.3. The standard InChI is InChI=1S/C31H28N2O2S/c1-21-10-12-24(13-11-21)31-28-9-5-8-27(28)29-20-26(18-19-30(29)32-31)36(34,35)33-25-16-14-23(15-17-25)22-6-3-2-4-7-22/h2-8,10-20,27-28,31-33H,9H2,1H3/t27-,28+,31+/m0/s1. The second kappa shape index (κ2) is 8.99. The van der Waals surface area contributed by atoms with E-state index in [9.17, 15) is 8.42 Å². The molecule has 1 aliphatic carbocycles. The summed E-state index contributed by atoms with van der Waals surface area (Å²) in [7, 11) is -3.73. The first kappa shape index (κ1) is 22.6. The van der Waals surface area contributed by atoms with Crippen molar-refractivity contribution in [2.24, 2.45) is 5.92 Å². The Morgan fingerprint density at radius 3 is 2.31 bits per heavy atom. The highest BCUT2D eigenvalue weighted by Crippen LogP contribution is 2.50. The highest BCUT2D eigenvalue weighted by Gasteiger charge is 2.38. The second-order valence-electron chi connectivity index (χ2n) is 9.68. The molecule has 2 N–H and O–H groups in total. The molecular formula is C31H28N2O2S. The van der Waals surface area contributed by atoms with E-state index >= 15 is 0 Å². The SMILES string of the molecule is Cc1ccc([C@H]2Nc3ccc(S(=O)(=O)Nc4ccc(-c5ccccc5)cc4)cc3[C@H]3C=CC[C@H]32)cc1. The van der Waals surface area contributed by atoms with Crippen LogP contribution in [0.2, 0.25) is 0 Å². The molecule has 0 saturated heterocycles. The van der Waals surface area contributed by atoms with Crippen molar-refractivity contribution in [3.8, 4) is 11.1 Å². The minimum Gasteiger partial charge on any atom is -0.378 e. The Kier molecular flexibility index (Phi) is 5.65. The zero-order valence-electron chi connectivity index (χ0n) is 20.1. The van der Waals surface area contributed by atoms with Gasteiger partial charge in [-0.15, -0.1) is 0 Å². The van der Waals surface area contributed by atoms with Gasteiger partial charge in [-0.2, -0.15) is 0 Å². The van der Waals surface area contributed by atoms with E-state index in [1.54, 1.807) is 6.07 Å². The molecule has 0 unspecified atom stereocenters. The van der Waals surface area contributed by atoms with Crippen LogP contribution >= 0.6 is 0 Å². The van der Waals surface area contributed by atoms with Crippen LogP contribution in [0.4, 0.5) is 11.4 Å². The summed E-state index contributed by atoms with van der Waals surface area (Å²) in [4.78, 5) is 0.281. The minimum absolute atomic E-state index is 0.188. The first-order valence-electron chi connectivity index (χ1n) is 12.3. The van der Waals surface area contributed by atoms with E-state index in [1.807, 2.05) is 66.7 Å². The van der Waals surface area contributed by atoms with Crippen molar-refractivity contribution < 1.29 is 8.42 Å². The van der Waals surface area contributed by atoms with Crippen LogP contribution in [0.3, 0.4) is 0 Å². The number of anilines is 2. The van der Waals surface area contributed by atoms with Crippen molar-refractivity contribution in [1.82, 2.24) is 0 Å². The smallest absolute Gasteiger partial charge is 0.261 e. The zero-order chi connectivity index (χ0) is 24.7. The van der Waals surface area contributed by atoms with Crippen LogP contribution in [0.1, 0.15) is 35.1 Å². The highest BCUT2D eigenvalue weighted by atomic mass is 32.2. The van der Waals surface area contributed by atoms with Gasteiger partial charge in [0.1, 0.15) is 0 Å². The summed E-state index contributed by atoms with van der Waals surface area (Å²) in [5.74, 6) is 0.546. The van der Waals surface area contributed by atoms with Crippen molar-refractivity contribution in [1.29, 1.82) is 0 Å². The lowest BCUT2D eigenvalue weighted by molar-refractivity contribution is 0.425. The van der Waals surface area contributed by atoms with Gasteiger partial charge in [-0.1, -0.05) is 84.4 Å². The van der Waals surface area contributed by atoms with E-state index < -0.39 is 10.0 Å². The Balaban J connectivity index is 1.27. The van der Waals surface area contributed by atoms with E-state index in [0.29, 0.717) is 11.6 Å². The molecule has 1 heterocycles. The van der Waals surface area contributed by atoms with Crippen molar-refractivity contribution in [3.05, 3.63) is 126 Å². The second-order valence-corrected chi connectivity index (χ2v) is 11.4. The lowest BCUT2D eigenvalue weighted by atomic mass is 9.77. The average Bonchev–Trinajstić information content (AvgIpc) is 3.40. The third-order valence-corrected chi connectivity index (χ3v) is 8.70. The molecule has 4 aromatic carbocycles. The van der Waals surface area contributed by atoms with Crippen LogP contribution in [-0.2, 0) is 10.0 Å². The molecule has 0 aromatic heterocycles. The van der Waals surface area contributed by atoms with E-state index in [-0.39, 0.29) is 16.9 Å². The van der Waals surface area contributed by atoms with Crippen molar-refractivity contribution in [2.45, 2.75) is 30.2 Å². The van der Waals surface area contributed by atoms with Gasteiger partial charge in [0, 0.05) is 17.3 Å². The van der Waals surface area contributed by atoms with Gasteiger partial charge >= 0.3 is 0 Å². The zero-order valence-corrected chi connectivity index (χ0v) is 20.9. The highest BCUT2D eigenvalue weighted by molar-refractivity contribution is 7.92. The van der Waals surface area contributed by atoms with Gasteiger partial charge in [0.2, 0.25) is 0 Å². The summed E-state index contributed by atoms with van der Waals surface area (Å²) in [6.07, 6.45) is 5.43. The molecule has 180 valence electrons. The number of rotatable bonds is 5. The average molecular weight is 493 g/mol. The summed E-state index contributed by atoms with van der Waals surface area (Å²) < 4.78 is 29.4. The van der Waals surface area contributed by atoms with E-state index in [0.717, 1.165) is 28.8 Å². The fraction of sp³-hybridized carbons (Fsp3) is 0.161.